The maximum atomic E-state index is 13.9. The van der Waals surface area contributed by atoms with E-state index in [1.807, 2.05) is 25.1 Å². The van der Waals surface area contributed by atoms with Crippen molar-refractivity contribution in [2.45, 2.75) is 13.0 Å². The summed E-state index contributed by atoms with van der Waals surface area (Å²) in [6.07, 6.45) is 0. The molecule has 1 unspecified atom stereocenters. The van der Waals surface area contributed by atoms with E-state index in [2.05, 4.69) is 10.6 Å². The second-order valence-corrected chi connectivity index (χ2v) is 9.48. The highest BCUT2D eigenvalue weighted by atomic mass is 35.5. The van der Waals surface area contributed by atoms with Crippen molar-refractivity contribution in [3.63, 3.8) is 0 Å². The van der Waals surface area contributed by atoms with Crippen LogP contribution in [0.4, 0.5) is 11.6 Å². The number of benzene rings is 3. The summed E-state index contributed by atoms with van der Waals surface area (Å²) >= 11 is 12.4. The molecule has 2 N–H and O–H groups in total. The van der Waals surface area contributed by atoms with Crippen LogP contribution in [0, 0.1) is 0 Å². The molecule has 5 rings (SSSR count). The van der Waals surface area contributed by atoms with Crippen molar-refractivity contribution < 1.29 is 19.0 Å². The summed E-state index contributed by atoms with van der Waals surface area (Å²) in [5.74, 6) is 2.18. The first kappa shape index (κ1) is 26.4. The van der Waals surface area contributed by atoms with E-state index < -0.39 is 6.04 Å². The van der Waals surface area contributed by atoms with Crippen LogP contribution in [0.1, 0.15) is 18.5 Å². The number of ether oxygens (including phenoxy) is 3. The van der Waals surface area contributed by atoms with Gasteiger partial charge in [-0.15, -0.1) is 5.10 Å². The molecule has 200 valence electrons. The zero-order chi connectivity index (χ0) is 27.7. The molecule has 9 nitrogen and oxygen atoms in total. The first-order valence-electron chi connectivity index (χ1n) is 11.9. The molecule has 1 amide bonds. The Bertz CT molecular complexity index is 1600. The summed E-state index contributed by atoms with van der Waals surface area (Å²) in [6.45, 7) is 1.81. The fourth-order valence-electron chi connectivity index (χ4n) is 4.48. The van der Waals surface area contributed by atoms with Gasteiger partial charge in [-0.2, -0.15) is 4.98 Å². The molecule has 1 aliphatic heterocycles. The smallest absolute Gasteiger partial charge is 0.255 e. The minimum Gasteiger partial charge on any atom is -0.497 e. The molecule has 0 spiro atoms. The highest BCUT2D eigenvalue weighted by Crippen LogP contribution is 2.42. The number of para-hydroxylation sites is 2. The molecule has 2 heterocycles. The van der Waals surface area contributed by atoms with Gasteiger partial charge >= 0.3 is 0 Å². The van der Waals surface area contributed by atoms with Crippen molar-refractivity contribution in [3.8, 4) is 28.6 Å². The molecular weight excluding hydrogens is 541 g/mol. The first-order chi connectivity index (χ1) is 18.8. The van der Waals surface area contributed by atoms with Gasteiger partial charge in [0.25, 0.3) is 5.91 Å². The number of methoxy groups -OCH3 is 3. The molecule has 4 aromatic rings. The summed E-state index contributed by atoms with van der Waals surface area (Å²) in [6, 6.07) is 17.0. The van der Waals surface area contributed by atoms with E-state index in [9.17, 15) is 4.79 Å². The van der Waals surface area contributed by atoms with Crippen molar-refractivity contribution >= 4 is 40.7 Å². The van der Waals surface area contributed by atoms with E-state index >= 15 is 0 Å². The number of allylic oxidation sites excluding steroid dienone is 1. The number of aromatic nitrogens is 3. The average molecular weight is 566 g/mol. The SMILES string of the molecule is COc1ccc(OC)c(C2C(C(=O)Nc3ccccc3OC)=C(C)Nc3nc(-c4ccc(Cl)c(Cl)c4)nn32)c1. The molecule has 1 atom stereocenters. The molecule has 11 heteroatoms. The number of hydrogen-bond acceptors (Lipinski definition) is 7. The number of anilines is 2. The Hall–Kier alpha value is -4.21. The molecular formula is C28H25Cl2N5O4. The van der Waals surface area contributed by atoms with Gasteiger partial charge in [-0.3, -0.25) is 4.79 Å². The molecule has 1 aliphatic rings. The van der Waals surface area contributed by atoms with Crippen LogP contribution in [0.3, 0.4) is 0 Å². The quantitative estimate of drug-likeness (QED) is 0.275. The number of fused-ring (bicyclic) bond motifs is 1. The number of carbonyl (C=O) groups is 1. The maximum absolute atomic E-state index is 13.9. The van der Waals surface area contributed by atoms with Crippen LogP contribution in [-0.4, -0.2) is 42.0 Å². The van der Waals surface area contributed by atoms with Crippen molar-refractivity contribution in [3.05, 3.63) is 87.5 Å². The molecule has 0 radical (unpaired) electrons. The van der Waals surface area contributed by atoms with E-state index in [-0.39, 0.29) is 5.91 Å². The molecule has 0 fully saturated rings. The van der Waals surface area contributed by atoms with Gasteiger partial charge in [-0.1, -0.05) is 35.3 Å². The Labute approximate surface area is 235 Å². The second kappa shape index (κ2) is 10.9. The lowest BCUT2D eigenvalue weighted by atomic mass is 9.94. The molecule has 1 aromatic heterocycles. The highest BCUT2D eigenvalue weighted by Gasteiger charge is 2.36. The minimum absolute atomic E-state index is 0.350. The number of hydrogen-bond donors (Lipinski definition) is 2. The number of nitrogens with zero attached hydrogens (tertiary/aromatic N) is 3. The van der Waals surface area contributed by atoms with Crippen LogP contribution in [0.2, 0.25) is 10.0 Å². The Balaban J connectivity index is 1.67. The molecule has 0 saturated heterocycles. The van der Waals surface area contributed by atoms with Gasteiger partial charge in [0.2, 0.25) is 5.95 Å². The molecule has 0 saturated carbocycles. The van der Waals surface area contributed by atoms with Crippen LogP contribution in [0.15, 0.2) is 71.9 Å². The van der Waals surface area contributed by atoms with Crippen LogP contribution < -0.4 is 24.8 Å². The van der Waals surface area contributed by atoms with Crippen molar-refractivity contribution in [2.24, 2.45) is 0 Å². The van der Waals surface area contributed by atoms with Crippen LogP contribution in [0.5, 0.6) is 17.2 Å². The summed E-state index contributed by atoms with van der Waals surface area (Å²) in [5, 5.41) is 11.8. The number of carbonyl (C=O) groups excluding carboxylic acids is 1. The first-order valence-corrected chi connectivity index (χ1v) is 12.7. The lowest BCUT2D eigenvalue weighted by Crippen LogP contribution is -2.31. The van der Waals surface area contributed by atoms with Gasteiger partial charge in [0.05, 0.1) is 42.6 Å². The van der Waals surface area contributed by atoms with Gasteiger partial charge in [-0.05, 0) is 55.5 Å². The van der Waals surface area contributed by atoms with E-state index in [1.54, 1.807) is 68.5 Å². The summed E-state index contributed by atoms with van der Waals surface area (Å²) < 4.78 is 18.3. The van der Waals surface area contributed by atoms with Gasteiger partial charge in [0, 0.05) is 16.8 Å². The number of rotatable bonds is 7. The Morgan fingerprint density at radius 2 is 1.72 bits per heavy atom. The van der Waals surface area contributed by atoms with Crippen LogP contribution >= 0.6 is 23.2 Å². The number of halogens is 2. The zero-order valence-corrected chi connectivity index (χ0v) is 23.1. The molecule has 3 aromatic carbocycles. The van der Waals surface area contributed by atoms with Gasteiger partial charge in [-0.25, -0.2) is 4.68 Å². The Kier molecular flexibility index (Phi) is 7.36. The predicted octanol–water partition coefficient (Wildman–Crippen LogP) is 6.21. The van der Waals surface area contributed by atoms with E-state index in [1.165, 1.54) is 0 Å². The zero-order valence-electron chi connectivity index (χ0n) is 21.6. The topological polar surface area (TPSA) is 99.5 Å². The fraction of sp³-hybridized carbons (Fsp3) is 0.179. The van der Waals surface area contributed by atoms with Gasteiger partial charge in [0.1, 0.15) is 23.3 Å². The number of nitrogens with one attached hydrogen (secondary N) is 2. The van der Waals surface area contributed by atoms with Gasteiger partial charge in [0.15, 0.2) is 5.82 Å². The highest BCUT2D eigenvalue weighted by molar-refractivity contribution is 6.42. The lowest BCUT2D eigenvalue weighted by Gasteiger charge is -2.29. The average Bonchev–Trinajstić information content (AvgIpc) is 3.37. The third-order valence-electron chi connectivity index (χ3n) is 6.36. The van der Waals surface area contributed by atoms with E-state index in [0.29, 0.717) is 67.2 Å². The second-order valence-electron chi connectivity index (χ2n) is 8.66. The summed E-state index contributed by atoms with van der Waals surface area (Å²) in [5.41, 5.74) is 2.86. The standard InChI is InChI=1S/C28H25Cl2N5O4/c1-15-24(27(36)32-21-7-5-6-8-23(21)39-4)25(18-14-17(37-2)10-12-22(18)38-3)35-28(31-15)33-26(34-35)16-9-11-19(29)20(30)13-16/h5-14,25H,1-4H3,(H,32,36)(H,31,33,34). The summed E-state index contributed by atoms with van der Waals surface area (Å²) in [4.78, 5) is 18.6. The minimum atomic E-state index is -0.718. The molecule has 39 heavy (non-hydrogen) atoms. The van der Waals surface area contributed by atoms with Crippen molar-refractivity contribution in [1.29, 1.82) is 0 Å². The Morgan fingerprint density at radius 1 is 0.949 bits per heavy atom. The fourth-order valence-corrected chi connectivity index (χ4v) is 4.78. The Morgan fingerprint density at radius 3 is 2.44 bits per heavy atom. The molecule has 0 aliphatic carbocycles. The lowest BCUT2D eigenvalue weighted by molar-refractivity contribution is -0.113. The van der Waals surface area contributed by atoms with Crippen molar-refractivity contribution in [2.75, 3.05) is 32.0 Å². The third-order valence-corrected chi connectivity index (χ3v) is 7.10. The van der Waals surface area contributed by atoms with Crippen LogP contribution in [-0.2, 0) is 4.79 Å². The van der Waals surface area contributed by atoms with E-state index in [4.69, 9.17) is 47.5 Å². The molecule has 0 bridgehead atoms. The predicted molar refractivity (Wildman–Crippen MR) is 151 cm³/mol. The maximum Gasteiger partial charge on any atom is 0.255 e. The summed E-state index contributed by atoms with van der Waals surface area (Å²) in [7, 11) is 4.70. The van der Waals surface area contributed by atoms with Crippen molar-refractivity contribution in [1.82, 2.24) is 14.8 Å². The number of amides is 1. The normalized spacial score (nSPS) is 14.4. The third kappa shape index (κ3) is 4.98. The largest absolute Gasteiger partial charge is 0.497 e. The van der Waals surface area contributed by atoms with E-state index in [0.717, 1.165) is 0 Å². The van der Waals surface area contributed by atoms with Gasteiger partial charge < -0.3 is 24.8 Å². The van der Waals surface area contributed by atoms with Crippen LogP contribution in [0.25, 0.3) is 11.4 Å². The monoisotopic (exact) mass is 565 g/mol.